The Labute approximate surface area is 145 Å². The van der Waals surface area contributed by atoms with E-state index in [1.165, 1.54) is 0 Å². The van der Waals surface area contributed by atoms with Gasteiger partial charge in [0.2, 0.25) is 5.91 Å². The largest absolute Gasteiger partial charge is 0.497 e. The van der Waals surface area contributed by atoms with Gasteiger partial charge >= 0.3 is 0 Å². The number of amides is 2. The lowest BCUT2D eigenvalue weighted by molar-refractivity contribution is -0.131. The Balaban J connectivity index is 1.80. The molecule has 1 N–H and O–H groups in total. The predicted octanol–water partition coefficient (Wildman–Crippen LogP) is 2.15. The molecule has 0 aromatic heterocycles. The molecule has 0 radical (unpaired) electrons. The molecule has 2 amide bonds. The summed E-state index contributed by atoms with van der Waals surface area (Å²) >= 11 is 11.0. The molecular formula is C16H20Cl2N2O3. The molecule has 1 fully saturated rings. The third-order valence-electron chi connectivity index (χ3n) is 3.91. The average Bonchev–Trinajstić information content (AvgIpc) is 2.56. The number of hydrogen-bond acceptors (Lipinski definition) is 3. The Morgan fingerprint density at radius 1 is 1.26 bits per heavy atom. The Morgan fingerprint density at radius 2 is 1.87 bits per heavy atom. The van der Waals surface area contributed by atoms with Crippen molar-refractivity contribution in [3.63, 3.8) is 0 Å². The van der Waals surface area contributed by atoms with Gasteiger partial charge < -0.3 is 15.0 Å². The van der Waals surface area contributed by atoms with E-state index in [0.717, 1.165) is 11.3 Å². The smallest absolute Gasteiger partial charge is 0.253 e. The van der Waals surface area contributed by atoms with Crippen LogP contribution in [0.15, 0.2) is 24.3 Å². The molecule has 0 saturated carbocycles. The molecule has 5 nitrogen and oxygen atoms in total. The molecule has 0 spiro atoms. The number of carbonyl (C=O) groups is 2. The molecule has 0 atom stereocenters. The molecule has 0 aliphatic carbocycles. The second-order valence-electron chi connectivity index (χ2n) is 5.49. The number of nitrogens with zero attached hydrogens (tertiary/aromatic N) is 1. The van der Waals surface area contributed by atoms with Gasteiger partial charge in [-0.25, -0.2) is 0 Å². The highest BCUT2D eigenvalue weighted by Gasteiger charge is 2.25. The van der Waals surface area contributed by atoms with Gasteiger partial charge in [0.25, 0.3) is 5.91 Å². The summed E-state index contributed by atoms with van der Waals surface area (Å²) in [5.74, 6) is 0.485. The summed E-state index contributed by atoms with van der Waals surface area (Å²) in [7, 11) is 1.61. The first-order valence-corrected chi connectivity index (χ1v) is 8.36. The maximum Gasteiger partial charge on any atom is 0.253 e. The molecule has 0 bridgehead atoms. The second kappa shape index (κ2) is 8.41. The summed E-state index contributed by atoms with van der Waals surface area (Å²) in [5, 5.41) is 2.79. The van der Waals surface area contributed by atoms with E-state index in [1.807, 2.05) is 29.2 Å². The minimum atomic E-state index is -1.05. The summed E-state index contributed by atoms with van der Waals surface area (Å²) in [6, 6.07) is 7.50. The molecule has 1 saturated heterocycles. The zero-order chi connectivity index (χ0) is 16.8. The molecule has 1 aliphatic rings. The van der Waals surface area contributed by atoms with Crippen molar-refractivity contribution in [2.24, 2.45) is 0 Å². The van der Waals surface area contributed by atoms with Crippen LogP contribution in [0.25, 0.3) is 0 Å². The van der Waals surface area contributed by atoms with E-state index in [-0.39, 0.29) is 17.9 Å². The lowest BCUT2D eigenvalue weighted by Gasteiger charge is -2.32. The molecule has 23 heavy (non-hydrogen) atoms. The summed E-state index contributed by atoms with van der Waals surface area (Å²) in [6.45, 7) is 1.24. The molecule has 2 rings (SSSR count). The number of rotatable bonds is 5. The molecule has 1 aromatic rings. The summed E-state index contributed by atoms with van der Waals surface area (Å²) in [4.78, 5) is 24.6. The minimum Gasteiger partial charge on any atom is -0.497 e. The lowest BCUT2D eigenvalue weighted by atomic mass is 10.0. The molecule has 1 aliphatic heterocycles. The van der Waals surface area contributed by atoms with Gasteiger partial charge in [0.15, 0.2) is 4.84 Å². The monoisotopic (exact) mass is 358 g/mol. The Hall–Kier alpha value is -1.46. The summed E-state index contributed by atoms with van der Waals surface area (Å²) in [6.07, 6.45) is 1.79. The van der Waals surface area contributed by atoms with Crippen molar-refractivity contribution in [2.75, 3.05) is 20.2 Å². The zero-order valence-corrected chi connectivity index (χ0v) is 14.4. The van der Waals surface area contributed by atoms with E-state index in [2.05, 4.69) is 5.32 Å². The van der Waals surface area contributed by atoms with E-state index in [1.54, 1.807) is 7.11 Å². The molecule has 1 heterocycles. The van der Waals surface area contributed by atoms with Crippen molar-refractivity contribution in [1.29, 1.82) is 0 Å². The number of likely N-dealkylation sites (tertiary alicyclic amines) is 1. The SMILES string of the molecule is COc1ccc(CC(=O)N2CCC(NC(=O)C(Cl)Cl)CC2)cc1. The first kappa shape index (κ1) is 17.9. The van der Waals surface area contributed by atoms with Gasteiger partial charge in [0.05, 0.1) is 13.5 Å². The van der Waals surface area contributed by atoms with Gasteiger partial charge in [-0.15, -0.1) is 0 Å². The number of nitrogens with one attached hydrogen (secondary N) is 1. The molecule has 126 valence electrons. The number of ether oxygens (including phenoxy) is 1. The summed E-state index contributed by atoms with van der Waals surface area (Å²) in [5.41, 5.74) is 0.957. The van der Waals surface area contributed by atoms with E-state index in [9.17, 15) is 9.59 Å². The fourth-order valence-electron chi connectivity index (χ4n) is 2.57. The maximum absolute atomic E-state index is 12.3. The van der Waals surface area contributed by atoms with Crippen molar-refractivity contribution < 1.29 is 14.3 Å². The summed E-state index contributed by atoms with van der Waals surface area (Å²) < 4.78 is 5.10. The fraction of sp³-hybridized carbons (Fsp3) is 0.500. The van der Waals surface area contributed by atoms with Gasteiger partial charge in [-0.05, 0) is 30.5 Å². The lowest BCUT2D eigenvalue weighted by Crippen LogP contribution is -2.47. The molecular weight excluding hydrogens is 339 g/mol. The van der Waals surface area contributed by atoms with Crippen molar-refractivity contribution >= 4 is 35.0 Å². The van der Waals surface area contributed by atoms with E-state index in [0.29, 0.717) is 32.4 Å². The van der Waals surface area contributed by atoms with Crippen LogP contribution in [0.1, 0.15) is 18.4 Å². The highest BCUT2D eigenvalue weighted by atomic mass is 35.5. The van der Waals surface area contributed by atoms with E-state index < -0.39 is 4.84 Å². The van der Waals surface area contributed by atoms with Crippen molar-refractivity contribution in [1.82, 2.24) is 10.2 Å². The first-order valence-electron chi connectivity index (χ1n) is 7.49. The third-order valence-corrected chi connectivity index (χ3v) is 4.30. The Bertz CT molecular complexity index is 541. The topological polar surface area (TPSA) is 58.6 Å². The normalized spacial score (nSPS) is 15.6. The Morgan fingerprint density at radius 3 is 2.39 bits per heavy atom. The van der Waals surface area contributed by atoms with Gasteiger partial charge in [0, 0.05) is 19.1 Å². The van der Waals surface area contributed by atoms with Gasteiger partial charge in [-0.3, -0.25) is 9.59 Å². The predicted molar refractivity (Wildman–Crippen MR) is 89.9 cm³/mol. The molecule has 1 aromatic carbocycles. The van der Waals surface area contributed by atoms with Crippen LogP contribution >= 0.6 is 23.2 Å². The van der Waals surface area contributed by atoms with Crippen LogP contribution in [0.2, 0.25) is 0 Å². The van der Waals surface area contributed by atoms with E-state index >= 15 is 0 Å². The van der Waals surface area contributed by atoms with Crippen molar-refractivity contribution in [3.05, 3.63) is 29.8 Å². The van der Waals surface area contributed by atoms with Gasteiger partial charge in [-0.1, -0.05) is 35.3 Å². The van der Waals surface area contributed by atoms with Crippen LogP contribution in [0.5, 0.6) is 5.75 Å². The van der Waals surface area contributed by atoms with Crippen LogP contribution in [-0.4, -0.2) is 47.8 Å². The second-order valence-corrected chi connectivity index (χ2v) is 6.59. The molecule has 7 heteroatoms. The number of alkyl halides is 2. The van der Waals surface area contributed by atoms with Crippen molar-refractivity contribution in [3.8, 4) is 5.75 Å². The minimum absolute atomic E-state index is 0.0209. The van der Waals surface area contributed by atoms with Crippen LogP contribution < -0.4 is 10.1 Å². The van der Waals surface area contributed by atoms with Crippen LogP contribution in [0, 0.1) is 0 Å². The quantitative estimate of drug-likeness (QED) is 0.820. The standard InChI is InChI=1S/C16H20Cl2N2O3/c1-23-13-4-2-11(3-5-13)10-14(21)20-8-6-12(7-9-20)19-16(22)15(17)18/h2-5,12,15H,6-10H2,1H3,(H,19,22). The fourth-order valence-corrected chi connectivity index (χ4v) is 2.69. The van der Waals surface area contributed by atoms with Crippen LogP contribution in [-0.2, 0) is 16.0 Å². The number of carbonyl (C=O) groups excluding carboxylic acids is 2. The zero-order valence-electron chi connectivity index (χ0n) is 12.9. The van der Waals surface area contributed by atoms with E-state index in [4.69, 9.17) is 27.9 Å². The number of halogens is 2. The van der Waals surface area contributed by atoms with Crippen molar-refractivity contribution in [2.45, 2.75) is 30.1 Å². The number of piperidine rings is 1. The number of methoxy groups -OCH3 is 1. The number of hydrogen-bond donors (Lipinski definition) is 1. The van der Waals surface area contributed by atoms with Crippen LogP contribution in [0.3, 0.4) is 0 Å². The maximum atomic E-state index is 12.3. The average molecular weight is 359 g/mol. The highest BCUT2D eigenvalue weighted by molar-refractivity contribution is 6.53. The molecule has 0 unspecified atom stereocenters. The van der Waals surface area contributed by atoms with Gasteiger partial charge in [0.1, 0.15) is 5.75 Å². The van der Waals surface area contributed by atoms with Gasteiger partial charge in [-0.2, -0.15) is 0 Å². The third kappa shape index (κ3) is 5.29. The number of benzene rings is 1. The van der Waals surface area contributed by atoms with Crippen LogP contribution in [0.4, 0.5) is 0 Å². The Kier molecular flexibility index (Phi) is 6.54. The highest BCUT2D eigenvalue weighted by Crippen LogP contribution is 2.15. The first-order chi connectivity index (χ1) is 11.0.